The van der Waals surface area contributed by atoms with Crippen molar-refractivity contribution in [3.05, 3.63) is 39.3 Å². The second-order valence-corrected chi connectivity index (χ2v) is 4.81. The van der Waals surface area contributed by atoms with Crippen molar-refractivity contribution in [1.82, 2.24) is 10.2 Å². The van der Waals surface area contributed by atoms with Crippen LogP contribution in [0, 0.1) is 28.8 Å². The summed E-state index contributed by atoms with van der Waals surface area (Å²) in [4.78, 5) is 0. The van der Waals surface area contributed by atoms with Gasteiger partial charge in [0, 0.05) is 0 Å². The zero-order valence-electron chi connectivity index (χ0n) is 11.2. The van der Waals surface area contributed by atoms with Crippen LogP contribution in [0.25, 0.3) is 11.3 Å². The van der Waals surface area contributed by atoms with Crippen molar-refractivity contribution in [1.29, 1.82) is 5.26 Å². The van der Waals surface area contributed by atoms with Crippen molar-refractivity contribution in [3.63, 3.8) is 0 Å². The largest absolute Gasteiger partial charge is 0.434 e. The molecule has 0 atom stereocenters. The molecule has 134 valence electrons. The van der Waals surface area contributed by atoms with Crippen LogP contribution in [-0.2, 0) is 12.4 Å². The Morgan fingerprint density at radius 2 is 1.48 bits per heavy atom. The Morgan fingerprint density at radius 3 is 1.92 bits per heavy atom. The molecule has 1 heterocycles. The molecule has 0 radical (unpaired) electrons. The van der Waals surface area contributed by atoms with Gasteiger partial charge in [0.15, 0.2) is 23.1 Å². The molecule has 0 saturated heterocycles. The van der Waals surface area contributed by atoms with Gasteiger partial charge in [-0.05, 0) is 0 Å². The normalized spacial score (nSPS) is 12.4. The molecule has 2 aromatic rings. The molecule has 0 amide bonds. The molecule has 0 spiro atoms. The zero-order valence-corrected chi connectivity index (χ0v) is 11.9. The van der Waals surface area contributed by atoms with Crippen LogP contribution in [0.15, 0.2) is 0 Å². The Labute approximate surface area is 136 Å². The number of alkyl halides is 6. The number of halogens is 10. The molecule has 0 aliphatic carbocycles. The summed E-state index contributed by atoms with van der Waals surface area (Å²) in [7, 11) is 0. The Bertz CT molecular complexity index is 860. The Balaban J connectivity index is 2.89. The van der Waals surface area contributed by atoms with Crippen LogP contribution in [0.1, 0.15) is 16.8 Å². The van der Waals surface area contributed by atoms with Gasteiger partial charge in [-0.15, -0.1) is 0 Å². The maximum absolute atomic E-state index is 14.0. The molecule has 0 aliphatic rings. The van der Waals surface area contributed by atoms with Crippen molar-refractivity contribution >= 4 is 11.6 Å². The van der Waals surface area contributed by atoms with Gasteiger partial charge in [0.25, 0.3) is 0 Å². The summed E-state index contributed by atoms with van der Waals surface area (Å²) >= 11 is 5.24. The standard InChI is InChI=1S/C12HClF9N3/c13-5-3(6(14)8(16)4(7(5)15)11(17,18)19)9-2(1-23)10(25-24-9)12(20,21)22/h(H,24,25). The summed E-state index contributed by atoms with van der Waals surface area (Å²) in [6.45, 7) is 0. The first-order valence-electron chi connectivity index (χ1n) is 5.81. The number of nitrogens with zero attached hydrogens (tertiary/aromatic N) is 2. The van der Waals surface area contributed by atoms with E-state index < -0.39 is 62.9 Å². The third kappa shape index (κ3) is 2.99. The fourth-order valence-electron chi connectivity index (χ4n) is 1.93. The molecule has 1 aromatic carbocycles. The maximum atomic E-state index is 14.0. The molecule has 1 N–H and O–H groups in total. The minimum Gasteiger partial charge on any atom is -0.272 e. The van der Waals surface area contributed by atoms with Gasteiger partial charge < -0.3 is 0 Å². The number of rotatable bonds is 1. The second-order valence-electron chi connectivity index (χ2n) is 4.44. The topological polar surface area (TPSA) is 52.5 Å². The van der Waals surface area contributed by atoms with Gasteiger partial charge in [0.1, 0.15) is 22.9 Å². The minimum atomic E-state index is -5.67. The number of H-pyrrole nitrogens is 1. The summed E-state index contributed by atoms with van der Waals surface area (Å²) in [6.07, 6.45) is -10.8. The number of aromatic nitrogens is 2. The highest BCUT2D eigenvalue weighted by atomic mass is 35.5. The predicted octanol–water partition coefficient (Wildman–Crippen LogP) is 5.06. The van der Waals surface area contributed by atoms with Crippen molar-refractivity contribution in [2.24, 2.45) is 0 Å². The third-order valence-electron chi connectivity index (χ3n) is 2.95. The van der Waals surface area contributed by atoms with Crippen molar-refractivity contribution in [3.8, 4) is 17.3 Å². The molecule has 25 heavy (non-hydrogen) atoms. The first-order chi connectivity index (χ1) is 11.3. The van der Waals surface area contributed by atoms with Gasteiger partial charge in [0.2, 0.25) is 0 Å². The first-order valence-corrected chi connectivity index (χ1v) is 6.19. The lowest BCUT2D eigenvalue weighted by Gasteiger charge is -2.14. The molecule has 0 unspecified atom stereocenters. The summed E-state index contributed by atoms with van der Waals surface area (Å²) in [5.74, 6) is -7.59. The fourth-order valence-corrected chi connectivity index (χ4v) is 2.19. The predicted molar refractivity (Wildman–Crippen MR) is 63.6 cm³/mol. The summed E-state index contributed by atoms with van der Waals surface area (Å²) in [5, 5.41) is 11.3. The van der Waals surface area contributed by atoms with E-state index in [4.69, 9.17) is 16.9 Å². The van der Waals surface area contributed by atoms with Gasteiger partial charge in [-0.3, -0.25) is 5.10 Å². The SMILES string of the molecule is N#Cc1c(-c2c(F)c(F)c(C(F)(F)F)c(F)c2Cl)n[nH]c1C(F)(F)F. The molecule has 13 heteroatoms. The monoisotopic (exact) mass is 393 g/mol. The highest BCUT2D eigenvalue weighted by Gasteiger charge is 2.44. The van der Waals surface area contributed by atoms with E-state index in [0.717, 1.165) is 6.07 Å². The van der Waals surface area contributed by atoms with Crippen molar-refractivity contribution in [2.45, 2.75) is 12.4 Å². The van der Waals surface area contributed by atoms with Gasteiger partial charge in [-0.2, -0.15) is 36.7 Å². The third-order valence-corrected chi connectivity index (χ3v) is 3.30. The number of hydrogen-bond donors (Lipinski definition) is 1. The summed E-state index contributed by atoms with van der Waals surface area (Å²) in [5.41, 5.74) is -8.69. The van der Waals surface area contributed by atoms with Gasteiger partial charge in [-0.25, -0.2) is 13.2 Å². The molecule has 2 rings (SSSR count). The Hall–Kier alpha value is -2.42. The highest BCUT2D eigenvalue weighted by Crippen LogP contribution is 2.44. The summed E-state index contributed by atoms with van der Waals surface area (Å²) in [6, 6.07) is 0.981. The van der Waals surface area contributed by atoms with Crippen LogP contribution in [0.2, 0.25) is 5.02 Å². The van der Waals surface area contributed by atoms with Crippen molar-refractivity contribution < 1.29 is 39.5 Å². The molecular formula is C12HClF9N3. The lowest BCUT2D eigenvalue weighted by Crippen LogP contribution is -2.14. The average Bonchev–Trinajstić information content (AvgIpc) is 2.88. The molecular weight excluding hydrogens is 393 g/mol. The van der Waals surface area contributed by atoms with Crippen LogP contribution < -0.4 is 0 Å². The minimum absolute atomic E-state index is 0.981. The maximum Gasteiger partial charge on any atom is 0.434 e. The quantitative estimate of drug-likeness (QED) is 0.544. The lowest BCUT2D eigenvalue weighted by molar-refractivity contribution is -0.143. The number of nitriles is 1. The first kappa shape index (κ1) is 18.9. The number of benzene rings is 1. The average molecular weight is 394 g/mol. The van der Waals surface area contributed by atoms with Gasteiger partial charge in [0.05, 0.1) is 10.6 Å². The van der Waals surface area contributed by atoms with E-state index in [0.29, 0.717) is 0 Å². The molecule has 0 aliphatic heterocycles. The van der Waals surface area contributed by atoms with E-state index in [9.17, 15) is 39.5 Å². The molecule has 3 nitrogen and oxygen atoms in total. The smallest absolute Gasteiger partial charge is 0.272 e. The van der Waals surface area contributed by atoms with Gasteiger partial charge in [-0.1, -0.05) is 11.6 Å². The van der Waals surface area contributed by atoms with Crippen LogP contribution in [-0.4, -0.2) is 10.2 Å². The van der Waals surface area contributed by atoms with Crippen LogP contribution in [0.3, 0.4) is 0 Å². The van der Waals surface area contributed by atoms with E-state index in [2.05, 4.69) is 5.10 Å². The van der Waals surface area contributed by atoms with E-state index in [1.807, 2.05) is 0 Å². The van der Waals surface area contributed by atoms with Crippen LogP contribution in [0.4, 0.5) is 39.5 Å². The zero-order chi connectivity index (χ0) is 19.3. The lowest BCUT2D eigenvalue weighted by atomic mass is 10.0. The number of hydrogen-bond acceptors (Lipinski definition) is 2. The van der Waals surface area contributed by atoms with E-state index in [-0.39, 0.29) is 0 Å². The van der Waals surface area contributed by atoms with E-state index >= 15 is 0 Å². The van der Waals surface area contributed by atoms with E-state index in [1.54, 1.807) is 0 Å². The highest BCUT2D eigenvalue weighted by molar-refractivity contribution is 6.33. The Kier molecular flexibility index (Phi) is 4.41. The molecule has 0 fully saturated rings. The number of nitrogens with one attached hydrogen (secondary N) is 1. The van der Waals surface area contributed by atoms with E-state index in [1.165, 1.54) is 5.10 Å². The number of aromatic amines is 1. The molecule has 0 bridgehead atoms. The van der Waals surface area contributed by atoms with Crippen LogP contribution in [0.5, 0.6) is 0 Å². The summed E-state index contributed by atoms with van der Waals surface area (Å²) < 4.78 is 117. The second kappa shape index (κ2) is 5.83. The fraction of sp³-hybridized carbons (Fsp3) is 0.167. The molecule has 1 aromatic heterocycles. The van der Waals surface area contributed by atoms with Crippen LogP contribution >= 0.6 is 11.6 Å². The molecule has 0 saturated carbocycles. The van der Waals surface area contributed by atoms with Gasteiger partial charge >= 0.3 is 12.4 Å². The Morgan fingerprint density at radius 1 is 0.920 bits per heavy atom. The van der Waals surface area contributed by atoms with Crippen molar-refractivity contribution in [2.75, 3.05) is 0 Å².